The predicted octanol–water partition coefficient (Wildman–Crippen LogP) is 0.514. The Bertz CT molecular complexity index is 116. The second-order valence-corrected chi connectivity index (χ2v) is 3.47. The molecule has 0 spiro atoms. The Hall–Kier alpha value is -0.0800. The van der Waals surface area contributed by atoms with Crippen molar-refractivity contribution >= 4 is 0 Å². The van der Waals surface area contributed by atoms with Gasteiger partial charge in [0.2, 0.25) is 0 Å². The van der Waals surface area contributed by atoms with Crippen LogP contribution in [-0.2, 0) is 4.74 Å². The highest BCUT2D eigenvalue weighted by atomic mass is 16.5. The molecule has 9 heavy (non-hydrogen) atoms. The molecule has 0 atom stereocenters. The van der Waals surface area contributed by atoms with Gasteiger partial charge in [-0.3, -0.25) is 0 Å². The molecule has 0 unspecified atom stereocenters. The summed E-state index contributed by atoms with van der Waals surface area (Å²) in [5, 5.41) is 0. The lowest BCUT2D eigenvalue weighted by Crippen LogP contribution is -2.35. The Morgan fingerprint density at radius 3 is 2.44 bits per heavy atom. The van der Waals surface area contributed by atoms with E-state index in [9.17, 15) is 0 Å². The highest BCUT2D eigenvalue weighted by molar-refractivity contribution is 5.00. The van der Waals surface area contributed by atoms with E-state index in [0.29, 0.717) is 0 Å². The molecule has 0 aromatic carbocycles. The maximum Gasteiger partial charge on any atom is 0.0517 e. The van der Waals surface area contributed by atoms with Gasteiger partial charge in [-0.1, -0.05) is 0 Å². The summed E-state index contributed by atoms with van der Waals surface area (Å²) >= 11 is 0. The first-order valence-corrected chi connectivity index (χ1v) is 3.65. The third-order valence-electron chi connectivity index (χ3n) is 2.29. The largest absolute Gasteiger partial charge is 0.381 e. The number of ether oxygens (including phenoxy) is 1. The third kappa shape index (κ3) is 1.10. The van der Waals surface area contributed by atoms with E-state index in [-0.39, 0.29) is 5.54 Å². The van der Waals surface area contributed by atoms with Crippen LogP contribution < -0.4 is 5.73 Å². The first-order valence-electron chi connectivity index (χ1n) is 3.65. The van der Waals surface area contributed by atoms with Crippen LogP contribution in [0.25, 0.3) is 0 Å². The van der Waals surface area contributed by atoms with Crippen LogP contribution in [-0.4, -0.2) is 18.8 Å². The van der Waals surface area contributed by atoms with E-state index in [2.05, 4.69) is 0 Å². The van der Waals surface area contributed by atoms with Gasteiger partial charge in [-0.05, 0) is 19.3 Å². The molecule has 0 aromatic rings. The molecule has 1 aliphatic carbocycles. The molecule has 2 aliphatic rings. The lowest BCUT2D eigenvalue weighted by Gasteiger charge is -2.28. The zero-order valence-corrected chi connectivity index (χ0v) is 5.60. The van der Waals surface area contributed by atoms with E-state index in [1.165, 1.54) is 19.3 Å². The average molecular weight is 127 g/mol. The Morgan fingerprint density at radius 1 is 1.44 bits per heavy atom. The molecule has 0 bridgehead atoms. The van der Waals surface area contributed by atoms with Crippen LogP contribution in [0.2, 0.25) is 0 Å². The topological polar surface area (TPSA) is 35.2 Å². The fraction of sp³-hybridized carbons (Fsp3) is 1.00. The summed E-state index contributed by atoms with van der Waals surface area (Å²) in [4.78, 5) is 0. The van der Waals surface area contributed by atoms with Gasteiger partial charge in [0.15, 0.2) is 0 Å². The minimum atomic E-state index is 0.244. The van der Waals surface area contributed by atoms with Gasteiger partial charge in [-0.25, -0.2) is 0 Å². The number of hydrogen-bond donors (Lipinski definition) is 1. The summed E-state index contributed by atoms with van der Waals surface area (Å²) in [6.45, 7) is 1.91. The molecule has 2 fully saturated rings. The molecule has 0 radical (unpaired) electrons. The third-order valence-corrected chi connectivity index (χ3v) is 2.29. The molecule has 2 rings (SSSR count). The monoisotopic (exact) mass is 127 g/mol. The van der Waals surface area contributed by atoms with E-state index in [1.807, 2.05) is 0 Å². The molecule has 2 heteroatoms. The van der Waals surface area contributed by atoms with Gasteiger partial charge >= 0.3 is 0 Å². The zero-order chi connectivity index (χ0) is 6.32. The van der Waals surface area contributed by atoms with E-state index in [1.54, 1.807) is 0 Å². The Balaban J connectivity index is 1.76. The lowest BCUT2D eigenvalue weighted by atomic mass is 9.97. The van der Waals surface area contributed by atoms with Crippen molar-refractivity contribution in [2.75, 3.05) is 13.2 Å². The summed E-state index contributed by atoms with van der Waals surface area (Å²) in [5.74, 6) is 0.789. The number of hydrogen-bond acceptors (Lipinski definition) is 2. The van der Waals surface area contributed by atoms with Crippen molar-refractivity contribution in [2.45, 2.75) is 24.8 Å². The van der Waals surface area contributed by atoms with Crippen molar-refractivity contribution in [2.24, 2.45) is 11.7 Å². The van der Waals surface area contributed by atoms with E-state index < -0.39 is 0 Å². The Morgan fingerprint density at radius 2 is 2.11 bits per heavy atom. The van der Waals surface area contributed by atoms with Crippen molar-refractivity contribution in [3.05, 3.63) is 0 Å². The minimum absolute atomic E-state index is 0.244. The minimum Gasteiger partial charge on any atom is -0.381 e. The number of rotatable bonds is 2. The molecule has 0 amide bonds. The molecule has 1 heterocycles. The number of nitrogens with two attached hydrogens (primary N) is 1. The molecule has 1 saturated heterocycles. The standard InChI is InChI=1S/C7H13NO/c8-7(1-2-7)3-6-4-9-5-6/h6H,1-5,8H2. The summed E-state index contributed by atoms with van der Waals surface area (Å²) in [7, 11) is 0. The molecular formula is C7H13NO. The molecule has 0 aromatic heterocycles. The average Bonchev–Trinajstić information content (AvgIpc) is 2.39. The van der Waals surface area contributed by atoms with Crippen LogP contribution in [0, 0.1) is 5.92 Å². The molecule has 2 nitrogen and oxygen atoms in total. The predicted molar refractivity (Wildman–Crippen MR) is 35.1 cm³/mol. The van der Waals surface area contributed by atoms with Crippen molar-refractivity contribution < 1.29 is 4.74 Å². The van der Waals surface area contributed by atoms with Crippen LogP contribution in [0.5, 0.6) is 0 Å². The summed E-state index contributed by atoms with van der Waals surface area (Å²) in [6, 6.07) is 0. The smallest absolute Gasteiger partial charge is 0.0517 e. The van der Waals surface area contributed by atoms with E-state index in [0.717, 1.165) is 19.1 Å². The molecular weight excluding hydrogens is 114 g/mol. The normalized spacial score (nSPS) is 31.7. The highest BCUT2D eigenvalue weighted by Gasteiger charge is 2.41. The maximum absolute atomic E-state index is 5.90. The van der Waals surface area contributed by atoms with Crippen LogP contribution >= 0.6 is 0 Å². The zero-order valence-electron chi connectivity index (χ0n) is 5.60. The van der Waals surface area contributed by atoms with Crippen molar-refractivity contribution in [1.29, 1.82) is 0 Å². The first kappa shape index (κ1) is 5.69. The van der Waals surface area contributed by atoms with Gasteiger partial charge in [0.05, 0.1) is 13.2 Å². The van der Waals surface area contributed by atoms with Crippen LogP contribution in [0.1, 0.15) is 19.3 Å². The maximum atomic E-state index is 5.90. The van der Waals surface area contributed by atoms with Gasteiger partial charge in [0.25, 0.3) is 0 Å². The van der Waals surface area contributed by atoms with Gasteiger partial charge in [-0.15, -0.1) is 0 Å². The second-order valence-electron chi connectivity index (χ2n) is 3.47. The quantitative estimate of drug-likeness (QED) is 0.586. The van der Waals surface area contributed by atoms with Crippen LogP contribution in [0.15, 0.2) is 0 Å². The van der Waals surface area contributed by atoms with Gasteiger partial charge in [0.1, 0.15) is 0 Å². The Labute approximate surface area is 55.4 Å². The molecule has 2 N–H and O–H groups in total. The van der Waals surface area contributed by atoms with Crippen molar-refractivity contribution in [1.82, 2.24) is 0 Å². The van der Waals surface area contributed by atoms with Gasteiger partial charge in [-0.2, -0.15) is 0 Å². The van der Waals surface area contributed by atoms with Crippen LogP contribution in [0.3, 0.4) is 0 Å². The van der Waals surface area contributed by atoms with Crippen molar-refractivity contribution in [3.63, 3.8) is 0 Å². The molecule has 52 valence electrons. The fourth-order valence-corrected chi connectivity index (χ4v) is 1.34. The van der Waals surface area contributed by atoms with E-state index >= 15 is 0 Å². The van der Waals surface area contributed by atoms with Crippen LogP contribution in [0.4, 0.5) is 0 Å². The fourth-order valence-electron chi connectivity index (χ4n) is 1.34. The summed E-state index contributed by atoms with van der Waals surface area (Å²) in [6.07, 6.45) is 3.68. The van der Waals surface area contributed by atoms with Gasteiger partial charge in [0, 0.05) is 11.5 Å². The van der Waals surface area contributed by atoms with Gasteiger partial charge < -0.3 is 10.5 Å². The van der Waals surface area contributed by atoms with Crippen molar-refractivity contribution in [3.8, 4) is 0 Å². The first-order chi connectivity index (χ1) is 4.29. The molecule has 1 aliphatic heterocycles. The second kappa shape index (κ2) is 1.70. The SMILES string of the molecule is NC1(CC2COC2)CC1. The lowest BCUT2D eigenvalue weighted by molar-refractivity contribution is -0.0394. The Kier molecular flexibility index (Phi) is 1.08. The summed E-state index contributed by atoms with van der Waals surface area (Å²) in [5.41, 5.74) is 6.15. The summed E-state index contributed by atoms with van der Waals surface area (Å²) < 4.78 is 5.05. The highest BCUT2D eigenvalue weighted by Crippen LogP contribution is 2.39. The molecule has 1 saturated carbocycles. The van der Waals surface area contributed by atoms with E-state index in [4.69, 9.17) is 10.5 Å².